The summed E-state index contributed by atoms with van der Waals surface area (Å²) in [5.41, 5.74) is 1.30. The molecule has 1 aromatic heterocycles. The number of rotatable bonds is 5. The Morgan fingerprint density at radius 2 is 2.15 bits per heavy atom. The number of hydrogen-bond acceptors (Lipinski definition) is 3. The van der Waals surface area contributed by atoms with Gasteiger partial charge in [-0.25, -0.2) is 0 Å². The predicted molar refractivity (Wildman–Crippen MR) is 85.0 cm³/mol. The highest BCUT2D eigenvalue weighted by Crippen LogP contribution is 2.32. The fourth-order valence-corrected chi connectivity index (χ4v) is 2.73. The van der Waals surface area contributed by atoms with Crippen molar-refractivity contribution in [3.8, 4) is 0 Å². The topological polar surface area (TPSA) is 47.3 Å². The number of hydrogen-bond donors (Lipinski definition) is 1. The Bertz CT molecular complexity index is 604. The number of aliphatic hydroxyl groups excluding tert-OH is 1. The normalized spacial score (nSPS) is 12.7. The molecule has 1 aromatic carbocycles. The largest absolute Gasteiger partial charge is 0.383 e. The van der Waals surface area contributed by atoms with E-state index in [2.05, 4.69) is 37.0 Å². The molecule has 0 fully saturated rings. The molecule has 20 heavy (non-hydrogen) atoms. The summed E-state index contributed by atoms with van der Waals surface area (Å²) in [5, 5.41) is 15.1. The van der Waals surface area contributed by atoms with Crippen molar-refractivity contribution in [2.45, 2.75) is 12.6 Å². The molecule has 0 aliphatic heterocycles. The predicted octanol–water partition coefficient (Wildman–Crippen LogP) is 3.79. The van der Waals surface area contributed by atoms with E-state index in [-0.39, 0.29) is 0 Å². The van der Waals surface area contributed by atoms with Gasteiger partial charge in [0.25, 0.3) is 0 Å². The molecule has 0 saturated carbocycles. The first kappa shape index (κ1) is 16.0. The maximum atomic E-state index is 10.5. The summed E-state index contributed by atoms with van der Waals surface area (Å²) >= 11 is 13.0. The van der Waals surface area contributed by atoms with Gasteiger partial charge in [-0.3, -0.25) is 4.68 Å². The number of benzene rings is 1. The molecule has 2 rings (SSSR count). The van der Waals surface area contributed by atoms with Crippen molar-refractivity contribution < 1.29 is 9.84 Å². The van der Waals surface area contributed by atoms with Gasteiger partial charge in [0.1, 0.15) is 6.10 Å². The van der Waals surface area contributed by atoms with Gasteiger partial charge in [-0.2, -0.15) is 5.10 Å². The van der Waals surface area contributed by atoms with Gasteiger partial charge in [0.05, 0.1) is 30.1 Å². The van der Waals surface area contributed by atoms with Crippen molar-refractivity contribution in [1.29, 1.82) is 0 Å². The van der Waals surface area contributed by atoms with Crippen LogP contribution in [0.3, 0.4) is 0 Å². The van der Waals surface area contributed by atoms with Crippen molar-refractivity contribution >= 4 is 43.5 Å². The zero-order valence-electron chi connectivity index (χ0n) is 10.7. The molecule has 1 N–H and O–H groups in total. The van der Waals surface area contributed by atoms with E-state index in [9.17, 15) is 5.11 Å². The molecular weight excluding hydrogens is 411 g/mol. The Morgan fingerprint density at radius 1 is 1.40 bits per heavy atom. The first-order chi connectivity index (χ1) is 9.54. The lowest BCUT2D eigenvalue weighted by Gasteiger charge is -2.15. The summed E-state index contributed by atoms with van der Waals surface area (Å²) in [4.78, 5) is 0. The number of aliphatic hydroxyl groups is 1. The lowest BCUT2D eigenvalue weighted by molar-refractivity contribution is 0.171. The summed E-state index contributed by atoms with van der Waals surface area (Å²) < 4.78 is 8.48. The van der Waals surface area contributed by atoms with Crippen molar-refractivity contribution in [3.63, 3.8) is 0 Å². The highest BCUT2D eigenvalue weighted by atomic mass is 79.9. The first-order valence-corrected chi connectivity index (χ1v) is 7.84. The van der Waals surface area contributed by atoms with E-state index in [4.69, 9.17) is 16.3 Å². The summed E-state index contributed by atoms with van der Waals surface area (Å²) in [5.74, 6) is 0. The molecule has 4 nitrogen and oxygen atoms in total. The molecule has 0 aliphatic rings. The maximum Gasteiger partial charge on any atom is 0.122 e. The van der Waals surface area contributed by atoms with E-state index in [1.807, 2.05) is 18.2 Å². The zero-order valence-corrected chi connectivity index (χ0v) is 14.6. The van der Waals surface area contributed by atoms with Crippen LogP contribution >= 0.6 is 43.5 Å². The molecule has 0 saturated heterocycles. The van der Waals surface area contributed by atoms with Crippen molar-refractivity contribution in [2.24, 2.45) is 0 Å². The molecular formula is C13H13Br2ClN2O2. The van der Waals surface area contributed by atoms with Crippen molar-refractivity contribution in [1.82, 2.24) is 9.78 Å². The minimum absolute atomic E-state index is 0.438. The van der Waals surface area contributed by atoms with Crippen LogP contribution in [0.25, 0.3) is 0 Å². The van der Waals surface area contributed by atoms with E-state index in [0.29, 0.717) is 23.9 Å². The standard InChI is InChI=1S/C13H13Br2ClN2O2/c1-20-5-4-18-12(11(16)7-17-18)13(19)8-2-3-9(14)10(15)6-8/h2-3,6-7,13,19H,4-5H2,1H3. The second-order valence-electron chi connectivity index (χ2n) is 4.17. The lowest BCUT2D eigenvalue weighted by Crippen LogP contribution is -2.13. The quantitative estimate of drug-likeness (QED) is 0.795. The van der Waals surface area contributed by atoms with Crippen LogP contribution in [-0.2, 0) is 11.3 Å². The van der Waals surface area contributed by atoms with E-state index in [1.54, 1.807) is 11.8 Å². The zero-order chi connectivity index (χ0) is 14.7. The Morgan fingerprint density at radius 3 is 2.80 bits per heavy atom. The van der Waals surface area contributed by atoms with Gasteiger partial charge in [-0.1, -0.05) is 17.7 Å². The molecule has 1 atom stereocenters. The van der Waals surface area contributed by atoms with E-state index in [0.717, 1.165) is 14.5 Å². The van der Waals surface area contributed by atoms with E-state index < -0.39 is 6.10 Å². The van der Waals surface area contributed by atoms with Gasteiger partial charge in [0, 0.05) is 16.1 Å². The molecule has 0 bridgehead atoms. The van der Waals surface area contributed by atoms with Crippen LogP contribution in [0.5, 0.6) is 0 Å². The Hall–Kier alpha value is -0.400. The Balaban J connectivity index is 2.34. The minimum atomic E-state index is -0.841. The third kappa shape index (κ3) is 3.43. The van der Waals surface area contributed by atoms with Gasteiger partial charge < -0.3 is 9.84 Å². The molecule has 1 unspecified atom stereocenters. The highest BCUT2D eigenvalue weighted by Gasteiger charge is 2.20. The average Bonchev–Trinajstić information content (AvgIpc) is 2.80. The van der Waals surface area contributed by atoms with Crippen LogP contribution in [0.1, 0.15) is 17.4 Å². The van der Waals surface area contributed by atoms with Gasteiger partial charge >= 0.3 is 0 Å². The second-order valence-corrected chi connectivity index (χ2v) is 6.29. The molecule has 0 aliphatic carbocycles. The number of halogens is 3. The van der Waals surface area contributed by atoms with Crippen LogP contribution in [-0.4, -0.2) is 28.6 Å². The van der Waals surface area contributed by atoms with Gasteiger partial charge in [0.2, 0.25) is 0 Å². The number of nitrogens with zero attached hydrogens (tertiary/aromatic N) is 2. The van der Waals surface area contributed by atoms with Gasteiger partial charge in [-0.15, -0.1) is 0 Å². The second kappa shape index (κ2) is 7.04. The molecule has 1 heterocycles. The smallest absolute Gasteiger partial charge is 0.122 e. The molecule has 0 amide bonds. The van der Waals surface area contributed by atoms with Crippen LogP contribution < -0.4 is 0 Å². The Labute approximate surface area is 139 Å². The number of aromatic nitrogens is 2. The summed E-state index contributed by atoms with van der Waals surface area (Å²) in [6.07, 6.45) is 0.690. The molecule has 0 radical (unpaired) electrons. The molecule has 2 aromatic rings. The molecule has 108 valence electrons. The number of ether oxygens (including phenoxy) is 1. The summed E-state index contributed by atoms with van der Waals surface area (Å²) in [6.45, 7) is 1.04. The maximum absolute atomic E-state index is 10.5. The third-order valence-electron chi connectivity index (χ3n) is 2.86. The fourth-order valence-electron chi connectivity index (χ4n) is 1.84. The molecule has 0 spiro atoms. The average molecular weight is 425 g/mol. The summed E-state index contributed by atoms with van der Waals surface area (Å²) in [7, 11) is 1.62. The van der Waals surface area contributed by atoms with Crippen molar-refractivity contribution in [3.05, 3.63) is 49.6 Å². The van der Waals surface area contributed by atoms with Crippen molar-refractivity contribution in [2.75, 3.05) is 13.7 Å². The summed E-state index contributed by atoms with van der Waals surface area (Å²) in [6, 6.07) is 5.55. The van der Waals surface area contributed by atoms with Gasteiger partial charge in [0.15, 0.2) is 0 Å². The van der Waals surface area contributed by atoms with Crippen LogP contribution in [0.2, 0.25) is 5.02 Å². The van der Waals surface area contributed by atoms with Gasteiger partial charge in [-0.05, 0) is 49.6 Å². The fraction of sp³-hybridized carbons (Fsp3) is 0.308. The van der Waals surface area contributed by atoms with Crippen LogP contribution in [0, 0.1) is 0 Å². The highest BCUT2D eigenvalue weighted by molar-refractivity contribution is 9.13. The molecule has 7 heteroatoms. The van der Waals surface area contributed by atoms with Crippen LogP contribution in [0.15, 0.2) is 33.3 Å². The first-order valence-electron chi connectivity index (χ1n) is 5.87. The lowest BCUT2D eigenvalue weighted by atomic mass is 10.1. The van der Waals surface area contributed by atoms with Crippen LogP contribution in [0.4, 0.5) is 0 Å². The number of methoxy groups -OCH3 is 1. The monoisotopic (exact) mass is 422 g/mol. The SMILES string of the molecule is COCCn1ncc(Cl)c1C(O)c1ccc(Br)c(Br)c1. The van der Waals surface area contributed by atoms with E-state index in [1.165, 1.54) is 6.20 Å². The third-order valence-corrected chi connectivity index (χ3v) is 5.03. The Kier molecular flexibility index (Phi) is 5.63. The minimum Gasteiger partial charge on any atom is -0.383 e. The van der Waals surface area contributed by atoms with E-state index >= 15 is 0 Å².